The molecule has 24 heavy (non-hydrogen) atoms. The number of para-hydroxylation sites is 2. The Bertz CT molecular complexity index is 1110. The first-order valence-corrected chi connectivity index (χ1v) is 9.65. The Labute approximate surface area is 142 Å². The quantitative estimate of drug-likeness (QED) is 0.431. The lowest BCUT2D eigenvalue weighted by molar-refractivity contribution is 0.677. The molecule has 2 aliphatic heterocycles. The van der Waals surface area contributed by atoms with Crippen LogP contribution in [0.25, 0.3) is 0 Å². The summed E-state index contributed by atoms with van der Waals surface area (Å²) in [6.45, 7) is 0. The number of hydrogen-bond donors (Lipinski definition) is 0. The number of fused-ring (bicyclic) bond motifs is 4. The van der Waals surface area contributed by atoms with Gasteiger partial charge in [-0.3, -0.25) is 0 Å². The van der Waals surface area contributed by atoms with Gasteiger partial charge in [-0.1, -0.05) is 24.3 Å². The molecule has 2 unspecified atom stereocenters. The second-order valence-corrected chi connectivity index (χ2v) is 8.32. The van der Waals surface area contributed by atoms with Gasteiger partial charge < -0.3 is 0 Å². The first-order valence-electron chi connectivity index (χ1n) is 7.35. The lowest BCUT2D eigenvalue weighted by atomic mass is 10.2. The molecule has 2 heterocycles. The number of hydrogen-bond acceptors (Lipinski definition) is 4. The summed E-state index contributed by atoms with van der Waals surface area (Å²) in [6, 6.07) is 18.3. The summed E-state index contributed by atoms with van der Waals surface area (Å²) in [7, 11) is -2.62. The lowest BCUT2D eigenvalue weighted by Gasteiger charge is -2.16. The average Bonchev–Trinajstić information content (AvgIpc) is 2.62. The molecule has 0 saturated heterocycles. The van der Waals surface area contributed by atoms with Crippen LogP contribution in [0.15, 0.2) is 90.2 Å². The van der Waals surface area contributed by atoms with Gasteiger partial charge >= 0.3 is 0 Å². The molecule has 0 aromatic heterocycles. The fourth-order valence-electron chi connectivity index (χ4n) is 2.92. The van der Waals surface area contributed by atoms with Gasteiger partial charge in [0.2, 0.25) is 0 Å². The van der Waals surface area contributed by atoms with Gasteiger partial charge in [0, 0.05) is 0 Å². The van der Waals surface area contributed by atoms with E-state index in [9.17, 15) is 8.42 Å². The average molecular weight is 350 g/mol. The summed E-state index contributed by atoms with van der Waals surface area (Å²) >= 11 is 0. The highest BCUT2D eigenvalue weighted by molar-refractivity contribution is 7.85. The Morgan fingerprint density at radius 1 is 0.583 bits per heavy atom. The molecule has 0 amide bonds. The highest BCUT2D eigenvalue weighted by Gasteiger charge is 2.24. The number of benzene rings is 3. The zero-order valence-corrected chi connectivity index (χ0v) is 13.9. The molecule has 0 fully saturated rings. The van der Waals surface area contributed by atoms with E-state index in [1.54, 1.807) is 12.1 Å². The smallest absolute Gasteiger partial charge is 0.0894 e. The highest BCUT2D eigenvalue weighted by Crippen LogP contribution is 2.31. The summed E-state index contributed by atoms with van der Waals surface area (Å²) in [4.78, 5) is 11.8. The van der Waals surface area contributed by atoms with Crippen LogP contribution < -0.4 is 10.7 Å². The van der Waals surface area contributed by atoms with Crippen molar-refractivity contribution in [1.29, 1.82) is 0 Å². The Morgan fingerprint density at radius 2 is 1.00 bits per heavy atom. The molecule has 0 radical (unpaired) electrons. The van der Waals surface area contributed by atoms with Crippen LogP contribution in [0.2, 0.25) is 0 Å². The van der Waals surface area contributed by atoms with E-state index in [-0.39, 0.29) is 0 Å². The van der Waals surface area contributed by atoms with Crippen molar-refractivity contribution in [2.45, 2.75) is 19.6 Å². The molecule has 3 aromatic carbocycles. The summed E-state index contributed by atoms with van der Waals surface area (Å²) in [5, 5.41) is 1.21. The highest BCUT2D eigenvalue weighted by atomic mass is 32.2. The van der Waals surface area contributed by atoms with E-state index in [4.69, 9.17) is 0 Å². The molecule has 2 atom stereocenters. The molecule has 0 saturated carbocycles. The van der Waals surface area contributed by atoms with E-state index in [1.165, 1.54) is 0 Å². The van der Waals surface area contributed by atoms with Gasteiger partial charge in [0.1, 0.15) is 0 Å². The van der Waals surface area contributed by atoms with Crippen LogP contribution in [-0.4, -0.2) is 8.42 Å². The maximum atomic E-state index is 12.9. The van der Waals surface area contributed by atoms with Gasteiger partial charge in [-0.2, -0.15) is 0 Å². The van der Waals surface area contributed by atoms with Gasteiger partial charge in [0.25, 0.3) is 0 Å². The number of rotatable bonds is 0. The minimum absolute atomic E-state index is 0.605. The van der Waals surface area contributed by atoms with Crippen LogP contribution in [0.5, 0.6) is 0 Å². The van der Waals surface area contributed by atoms with Crippen LogP contribution in [0, 0.1) is 0 Å². The van der Waals surface area contributed by atoms with E-state index >= 15 is 0 Å². The summed E-state index contributed by atoms with van der Waals surface area (Å²) in [6.07, 6.45) is 0. The predicted molar refractivity (Wildman–Crippen MR) is 90.3 cm³/mol. The minimum Gasteiger partial charge on any atom is -0.249 e. The maximum absolute atomic E-state index is 12.9. The van der Waals surface area contributed by atoms with Crippen molar-refractivity contribution in [1.82, 2.24) is 0 Å². The van der Waals surface area contributed by atoms with Crippen molar-refractivity contribution in [2.24, 2.45) is 9.98 Å². The van der Waals surface area contributed by atoms with Crippen LogP contribution in [0.4, 0.5) is 11.4 Å². The monoisotopic (exact) mass is 350 g/mol. The third-order valence-corrected chi connectivity index (χ3v) is 6.99. The molecule has 0 N–H and O–H groups in total. The first-order chi connectivity index (χ1) is 11.7. The van der Waals surface area contributed by atoms with Crippen molar-refractivity contribution in [3.8, 4) is 0 Å². The maximum Gasteiger partial charge on any atom is 0.0894 e. The van der Waals surface area contributed by atoms with Crippen molar-refractivity contribution in [3.05, 3.63) is 71.4 Å². The first kappa shape index (κ1) is 13.9. The predicted octanol–water partition coefficient (Wildman–Crippen LogP) is 2.55. The van der Waals surface area contributed by atoms with Crippen LogP contribution in [0.1, 0.15) is 0 Å². The SMILES string of the molecule is O=S1c2ccccc2N=c2cc3c(cc21)=Nc1ccccc1S3=O. The van der Waals surface area contributed by atoms with Gasteiger partial charge in [0.05, 0.1) is 63.3 Å². The van der Waals surface area contributed by atoms with Gasteiger partial charge in [-0.25, -0.2) is 18.4 Å². The zero-order chi connectivity index (χ0) is 16.3. The van der Waals surface area contributed by atoms with E-state index in [0.717, 1.165) is 0 Å². The Balaban J connectivity index is 1.86. The lowest BCUT2D eigenvalue weighted by Crippen LogP contribution is -2.25. The minimum atomic E-state index is -1.31. The molecule has 6 heteroatoms. The fraction of sp³-hybridized carbons (Fsp3) is 0. The van der Waals surface area contributed by atoms with Gasteiger partial charge in [-0.05, 0) is 36.4 Å². The van der Waals surface area contributed by atoms with Crippen LogP contribution in [0.3, 0.4) is 0 Å². The van der Waals surface area contributed by atoms with Crippen molar-refractivity contribution in [2.75, 3.05) is 0 Å². The molecule has 0 aliphatic carbocycles. The van der Waals surface area contributed by atoms with E-state index in [1.807, 2.05) is 48.5 Å². The normalized spacial score (nSPS) is 19.8. The summed E-state index contributed by atoms with van der Waals surface area (Å²) in [5.74, 6) is 0. The Kier molecular flexibility index (Phi) is 2.92. The van der Waals surface area contributed by atoms with Crippen molar-refractivity contribution in [3.63, 3.8) is 0 Å². The molecule has 4 nitrogen and oxygen atoms in total. The molecule has 116 valence electrons. The number of nitrogens with zero attached hydrogens (tertiary/aromatic N) is 2. The third kappa shape index (κ3) is 1.90. The van der Waals surface area contributed by atoms with Crippen molar-refractivity contribution >= 4 is 33.0 Å². The third-order valence-electron chi connectivity index (χ3n) is 4.05. The zero-order valence-electron chi connectivity index (χ0n) is 12.3. The molecular formula is C18H10N2O2S2. The Hall–Kier alpha value is -2.44. The standard InChI is InChI=1S/C18H10N2O2S2/c21-23-15-7-3-1-5-11(15)19-13-9-18-14(10-17(13)23)20-12-6-2-4-8-16(12)24(18)22/h1-10H. The van der Waals surface area contributed by atoms with Crippen LogP contribution >= 0.6 is 0 Å². The molecule has 0 spiro atoms. The largest absolute Gasteiger partial charge is 0.249 e. The molecular weight excluding hydrogens is 340 g/mol. The summed E-state index contributed by atoms with van der Waals surface area (Å²) in [5.41, 5.74) is 1.39. The molecule has 0 bridgehead atoms. The van der Waals surface area contributed by atoms with Gasteiger partial charge in [-0.15, -0.1) is 0 Å². The second-order valence-electron chi connectivity index (χ2n) is 5.48. The van der Waals surface area contributed by atoms with E-state index in [2.05, 4.69) is 9.98 Å². The fourth-order valence-corrected chi connectivity index (χ4v) is 5.43. The van der Waals surface area contributed by atoms with Crippen LogP contribution in [-0.2, 0) is 21.6 Å². The Morgan fingerprint density at radius 3 is 1.46 bits per heavy atom. The van der Waals surface area contributed by atoms with E-state index in [0.29, 0.717) is 41.7 Å². The molecule has 3 aromatic rings. The molecule has 5 rings (SSSR count). The molecule has 2 aliphatic rings. The van der Waals surface area contributed by atoms with Crippen molar-refractivity contribution < 1.29 is 8.42 Å². The summed E-state index contributed by atoms with van der Waals surface area (Å²) < 4.78 is 25.7. The van der Waals surface area contributed by atoms with Gasteiger partial charge in [0.15, 0.2) is 0 Å². The topological polar surface area (TPSA) is 58.9 Å². The van der Waals surface area contributed by atoms with E-state index < -0.39 is 21.6 Å². The second kappa shape index (κ2) is 5.03.